The van der Waals surface area contributed by atoms with Gasteiger partial charge in [-0.2, -0.15) is 5.10 Å². The maximum atomic E-state index is 12.9. The maximum Gasteiger partial charge on any atom is 0.271 e. The number of thiophene rings is 1. The third kappa shape index (κ3) is 4.35. The van der Waals surface area contributed by atoms with Crippen molar-refractivity contribution in [1.29, 1.82) is 0 Å². The van der Waals surface area contributed by atoms with Gasteiger partial charge in [0.1, 0.15) is 4.21 Å². The second-order valence-electron chi connectivity index (χ2n) is 7.16. The van der Waals surface area contributed by atoms with E-state index in [1.807, 2.05) is 28.9 Å². The van der Waals surface area contributed by atoms with Crippen LogP contribution in [-0.4, -0.2) is 42.1 Å². The smallest absolute Gasteiger partial charge is 0.271 e. The molecule has 3 aromatic rings. The van der Waals surface area contributed by atoms with Crippen LogP contribution in [0.3, 0.4) is 0 Å². The minimum atomic E-state index is -3.60. The molecule has 1 unspecified atom stereocenters. The lowest BCUT2D eigenvalue weighted by Crippen LogP contribution is -2.40. The molecule has 1 amide bonds. The quantitative estimate of drug-likeness (QED) is 0.671. The standard InChI is InChI=1S/C20H22N4O3S2/c1-15-12-21-24(13-15)18-4-2-10-23(14-18)20(25)16-6-8-17(9-7-16)22-29(26,27)19-5-3-11-28-19/h3,5-9,11-13,18,22H,2,4,10,14H2,1H3. The van der Waals surface area contributed by atoms with Gasteiger partial charge in [-0.15, -0.1) is 11.3 Å². The number of carbonyl (C=O) groups excluding carboxylic acids is 1. The highest BCUT2D eigenvalue weighted by atomic mass is 32.2. The van der Waals surface area contributed by atoms with Crippen LogP contribution in [0, 0.1) is 6.92 Å². The van der Waals surface area contributed by atoms with Crippen molar-refractivity contribution in [3.8, 4) is 0 Å². The Kier molecular flexibility index (Phi) is 5.42. The number of rotatable bonds is 5. The molecule has 4 rings (SSSR count). The second kappa shape index (κ2) is 8.00. The van der Waals surface area contributed by atoms with E-state index in [1.54, 1.807) is 41.8 Å². The summed E-state index contributed by atoms with van der Waals surface area (Å²) in [5.74, 6) is -0.0498. The molecular formula is C20H22N4O3S2. The number of nitrogens with zero attached hydrogens (tertiary/aromatic N) is 3. The average molecular weight is 431 g/mol. The van der Waals surface area contributed by atoms with Gasteiger partial charge in [-0.1, -0.05) is 6.07 Å². The van der Waals surface area contributed by atoms with Crippen molar-refractivity contribution in [2.24, 2.45) is 0 Å². The van der Waals surface area contributed by atoms with E-state index >= 15 is 0 Å². The topological polar surface area (TPSA) is 84.3 Å². The van der Waals surface area contributed by atoms with Crippen molar-refractivity contribution in [3.63, 3.8) is 0 Å². The number of carbonyl (C=O) groups is 1. The van der Waals surface area contributed by atoms with Crippen LogP contribution in [0.5, 0.6) is 0 Å². The number of piperidine rings is 1. The summed E-state index contributed by atoms with van der Waals surface area (Å²) >= 11 is 1.16. The Morgan fingerprint density at radius 2 is 2.03 bits per heavy atom. The molecule has 7 nitrogen and oxygen atoms in total. The van der Waals surface area contributed by atoms with Crippen LogP contribution >= 0.6 is 11.3 Å². The predicted octanol–water partition coefficient (Wildman–Crippen LogP) is 3.53. The molecule has 1 aliphatic rings. The molecule has 2 aromatic heterocycles. The minimum absolute atomic E-state index is 0.0498. The number of amides is 1. The molecular weight excluding hydrogens is 408 g/mol. The van der Waals surface area contributed by atoms with Gasteiger partial charge in [0, 0.05) is 30.5 Å². The molecule has 1 N–H and O–H groups in total. The van der Waals surface area contributed by atoms with Crippen LogP contribution in [0.15, 0.2) is 58.4 Å². The van der Waals surface area contributed by atoms with Gasteiger partial charge in [-0.3, -0.25) is 14.2 Å². The highest BCUT2D eigenvalue weighted by molar-refractivity contribution is 7.94. The van der Waals surface area contributed by atoms with Crippen LogP contribution < -0.4 is 4.72 Å². The fourth-order valence-corrected chi connectivity index (χ4v) is 5.52. The summed E-state index contributed by atoms with van der Waals surface area (Å²) in [6, 6.07) is 9.99. The molecule has 0 spiro atoms. The Morgan fingerprint density at radius 1 is 1.24 bits per heavy atom. The molecule has 1 aromatic carbocycles. The van der Waals surface area contributed by atoms with Crippen molar-refractivity contribution in [1.82, 2.24) is 14.7 Å². The SMILES string of the molecule is Cc1cnn(C2CCCN(C(=O)c3ccc(NS(=O)(=O)c4cccs4)cc3)C2)c1. The molecule has 29 heavy (non-hydrogen) atoms. The van der Waals surface area contributed by atoms with Gasteiger partial charge in [0.05, 0.1) is 12.2 Å². The first-order valence-electron chi connectivity index (χ1n) is 9.39. The van der Waals surface area contributed by atoms with Crippen LogP contribution in [0.25, 0.3) is 0 Å². The average Bonchev–Trinajstić information content (AvgIpc) is 3.40. The molecule has 152 valence electrons. The van der Waals surface area contributed by atoms with Gasteiger partial charge in [0.25, 0.3) is 15.9 Å². The van der Waals surface area contributed by atoms with E-state index in [2.05, 4.69) is 9.82 Å². The fourth-order valence-electron chi connectivity index (χ4n) is 3.47. The lowest BCUT2D eigenvalue weighted by Gasteiger charge is -2.33. The Labute approximate surface area is 174 Å². The molecule has 1 fully saturated rings. The summed E-state index contributed by atoms with van der Waals surface area (Å²) in [6.07, 6.45) is 5.76. The van der Waals surface area contributed by atoms with E-state index in [0.717, 1.165) is 29.7 Å². The summed E-state index contributed by atoms with van der Waals surface area (Å²) in [6.45, 7) is 3.33. The van der Waals surface area contributed by atoms with Crippen molar-refractivity contribution in [2.45, 2.75) is 30.0 Å². The van der Waals surface area contributed by atoms with Crippen molar-refractivity contribution in [2.75, 3.05) is 17.8 Å². The number of anilines is 1. The zero-order valence-corrected chi connectivity index (χ0v) is 17.6. The van der Waals surface area contributed by atoms with Crippen molar-refractivity contribution < 1.29 is 13.2 Å². The van der Waals surface area contributed by atoms with Crippen molar-refractivity contribution in [3.05, 3.63) is 65.3 Å². The first-order chi connectivity index (χ1) is 13.9. The number of hydrogen-bond donors (Lipinski definition) is 1. The predicted molar refractivity (Wildman–Crippen MR) is 113 cm³/mol. The van der Waals surface area contributed by atoms with E-state index in [1.165, 1.54) is 0 Å². The first-order valence-corrected chi connectivity index (χ1v) is 11.7. The Balaban J connectivity index is 1.44. The van der Waals surface area contributed by atoms with E-state index in [-0.39, 0.29) is 16.2 Å². The lowest BCUT2D eigenvalue weighted by atomic mass is 10.0. The largest absolute Gasteiger partial charge is 0.337 e. The van der Waals surface area contributed by atoms with Gasteiger partial charge in [-0.05, 0) is 61.0 Å². The molecule has 1 atom stereocenters. The number of aromatic nitrogens is 2. The van der Waals surface area contributed by atoms with Gasteiger partial charge >= 0.3 is 0 Å². The number of likely N-dealkylation sites (tertiary alicyclic amines) is 1. The van der Waals surface area contributed by atoms with Gasteiger partial charge in [-0.25, -0.2) is 8.42 Å². The molecule has 0 radical (unpaired) electrons. The van der Waals surface area contributed by atoms with Crippen LogP contribution in [0.2, 0.25) is 0 Å². The number of aryl methyl sites for hydroxylation is 1. The highest BCUT2D eigenvalue weighted by Gasteiger charge is 2.26. The highest BCUT2D eigenvalue weighted by Crippen LogP contribution is 2.24. The van der Waals surface area contributed by atoms with Crippen LogP contribution in [-0.2, 0) is 10.0 Å². The summed E-state index contributed by atoms with van der Waals surface area (Å²) in [4.78, 5) is 14.8. The normalized spacial score (nSPS) is 17.3. The number of benzene rings is 1. The van der Waals surface area contributed by atoms with Crippen LogP contribution in [0.4, 0.5) is 5.69 Å². The summed E-state index contributed by atoms with van der Waals surface area (Å²) in [5.41, 5.74) is 2.08. The molecule has 9 heteroatoms. The van der Waals surface area contributed by atoms with Gasteiger partial charge in [0.2, 0.25) is 0 Å². The maximum absolute atomic E-state index is 12.9. The Hall–Kier alpha value is -2.65. The van der Waals surface area contributed by atoms with E-state index in [0.29, 0.717) is 24.3 Å². The molecule has 0 aliphatic carbocycles. The van der Waals surface area contributed by atoms with Gasteiger partial charge < -0.3 is 4.90 Å². The summed E-state index contributed by atoms with van der Waals surface area (Å²) in [5, 5.41) is 6.10. The fraction of sp³-hybridized carbons (Fsp3) is 0.300. The summed E-state index contributed by atoms with van der Waals surface area (Å²) in [7, 11) is -3.60. The van der Waals surface area contributed by atoms with E-state index < -0.39 is 10.0 Å². The lowest BCUT2D eigenvalue weighted by molar-refractivity contribution is 0.0673. The molecule has 1 saturated heterocycles. The van der Waals surface area contributed by atoms with Crippen molar-refractivity contribution >= 4 is 33.0 Å². The zero-order valence-electron chi connectivity index (χ0n) is 16.0. The summed E-state index contributed by atoms with van der Waals surface area (Å²) < 4.78 is 29.4. The number of hydrogen-bond acceptors (Lipinski definition) is 5. The molecule has 0 bridgehead atoms. The molecule has 1 aliphatic heterocycles. The number of sulfonamides is 1. The first kappa shape index (κ1) is 19.7. The second-order valence-corrected chi connectivity index (χ2v) is 10.0. The minimum Gasteiger partial charge on any atom is -0.337 e. The monoisotopic (exact) mass is 430 g/mol. The number of nitrogens with one attached hydrogen (secondary N) is 1. The molecule has 3 heterocycles. The Morgan fingerprint density at radius 3 is 2.69 bits per heavy atom. The molecule has 0 saturated carbocycles. The zero-order chi connectivity index (χ0) is 20.4. The van der Waals surface area contributed by atoms with Crippen LogP contribution in [0.1, 0.15) is 34.8 Å². The third-order valence-electron chi connectivity index (χ3n) is 4.93. The van der Waals surface area contributed by atoms with E-state index in [9.17, 15) is 13.2 Å². The third-order valence-corrected chi connectivity index (χ3v) is 7.71. The Bertz CT molecular complexity index is 1090. The van der Waals surface area contributed by atoms with E-state index in [4.69, 9.17) is 0 Å². The van der Waals surface area contributed by atoms with Gasteiger partial charge in [0.15, 0.2) is 0 Å².